The number of anilines is 2. The Morgan fingerprint density at radius 2 is 2.00 bits per heavy atom. The molecule has 0 unspecified atom stereocenters. The normalized spacial score (nSPS) is 11.2. The summed E-state index contributed by atoms with van der Waals surface area (Å²) in [6.07, 6.45) is 1.45. The number of hydrogen-bond donors (Lipinski definition) is 2. The van der Waals surface area contributed by atoms with Crippen molar-refractivity contribution in [1.82, 2.24) is 4.98 Å². The van der Waals surface area contributed by atoms with E-state index in [2.05, 4.69) is 15.0 Å². The van der Waals surface area contributed by atoms with Gasteiger partial charge in [-0.1, -0.05) is 17.7 Å². The van der Waals surface area contributed by atoms with Crippen LogP contribution in [-0.4, -0.2) is 20.4 Å². The highest BCUT2D eigenvalue weighted by atomic mass is 35.5. The van der Waals surface area contributed by atoms with E-state index in [0.717, 1.165) is 0 Å². The lowest BCUT2D eigenvalue weighted by molar-refractivity contribution is 0.598. The molecule has 2 rings (SSSR count). The fourth-order valence-electron chi connectivity index (χ4n) is 1.58. The summed E-state index contributed by atoms with van der Waals surface area (Å²) >= 11 is 5.61. The maximum atomic E-state index is 13.7. The molecule has 0 saturated carbocycles. The average Bonchev–Trinajstić information content (AvgIpc) is 2.43. The first kappa shape index (κ1) is 14.5. The van der Waals surface area contributed by atoms with E-state index >= 15 is 0 Å². The summed E-state index contributed by atoms with van der Waals surface area (Å²) in [5.74, 6) is -0.657. The summed E-state index contributed by atoms with van der Waals surface area (Å²) in [5.41, 5.74) is -0.219. The third-order valence-electron chi connectivity index (χ3n) is 2.49. The van der Waals surface area contributed by atoms with Gasteiger partial charge >= 0.3 is 0 Å². The van der Waals surface area contributed by atoms with E-state index in [4.69, 9.17) is 11.6 Å². The molecular weight excluding hydrogens is 305 g/mol. The fraction of sp³-hybridized carbons (Fsp3) is 0.0833. The van der Waals surface area contributed by atoms with Crippen molar-refractivity contribution in [1.29, 1.82) is 0 Å². The Morgan fingerprint density at radius 1 is 1.25 bits per heavy atom. The molecule has 0 spiro atoms. The van der Waals surface area contributed by atoms with Crippen molar-refractivity contribution in [2.24, 2.45) is 0 Å². The molecule has 20 heavy (non-hydrogen) atoms. The highest BCUT2D eigenvalue weighted by Crippen LogP contribution is 2.26. The summed E-state index contributed by atoms with van der Waals surface area (Å²) < 4.78 is 40.4. The molecule has 0 fully saturated rings. The molecule has 0 atom stereocenters. The Morgan fingerprint density at radius 3 is 2.70 bits per heavy atom. The molecule has 0 aliphatic heterocycles. The summed E-state index contributed by atoms with van der Waals surface area (Å²) in [6.45, 7) is 0. The zero-order valence-electron chi connectivity index (χ0n) is 10.4. The minimum absolute atomic E-state index is 0.0816. The summed E-state index contributed by atoms with van der Waals surface area (Å²) in [5, 5.41) is 2.50. The predicted octanol–water partition coefficient (Wildman–Crippen LogP) is 2.72. The Bertz CT molecular complexity index is 737. The Balaban J connectivity index is 2.44. The van der Waals surface area contributed by atoms with E-state index in [1.807, 2.05) is 0 Å². The second-order valence-electron chi connectivity index (χ2n) is 3.81. The molecule has 2 aromatic rings. The number of sulfonamides is 1. The number of nitrogens with zero attached hydrogens (tertiary/aromatic N) is 1. The molecule has 1 aromatic heterocycles. The topological polar surface area (TPSA) is 71.1 Å². The minimum atomic E-state index is -3.97. The zero-order valence-corrected chi connectivity index (χ0v) is 12.0. The van der Waals surface area contributed by atoms with Crippen molar-refractivity contribution in [2.75, 3.05) is 17.1 Å². The van der Waals surface area contributed by atoms with Crippen LogP contribution in [0, 0.1) is 5.82 Å². The number of aromatic nitrogens is 1. The predicted molar refractivity (Wildman–Crippen MR) is 76.0 cm³/mol. The van der Waals surface area contributed by atoms with Crippen molar-refractivity contribution in [3.8, 4) is 0 Å². The second kappa shape index (κ2) is 5.64. The molecule has 0 radical (unpaired) electrons. The smallest absolute Gasteiger partial charge is 0.265 e. The van der Waals surface area contributed by atoms with Crippen LogP contribution in [0.15, 0.2) is 41.4 Å². The van der Waals surface area contributed by atoms with Crippen LogP contribution < -0.4 is 10.0 Å². The summed E-state index contributed by atoms with van der Waals surface area (Å²) in [6, 6.07) is 6.91. The second-order valence-corrected chi connectivity index (χ2v) is 5.87. The summed E-state index contributed by atoms with van der Waals surface area (Å²) in [7, 11) is -2.43. The van der Waals surface area contributed by atoms with Gasteiger partial charge in [0, 0.05) is 13.2 Å². The maximum Gasteiger partial charge on any atom is 0.265 e. The maximum absolute atomic E-state index is 13.7. The number of nitrogens with one attached hydrogen (secondary N) is 2. The third-order valence-corrected chi connectivity index (χ3v) is 4.18. The number of benzene rings is 1. The molecule has 0 bridgehead atoms. The number of rotatable bonds is 4. The largest absolute Gasteiger partial charge is 0.372 e. The van der Waals surface area contributed by atoms with Crippen LogP contribution in [0.4, 0.5) is 15.9 Å². The van der Waals surface area contributed by atoms with Crippen molar-refractivity contribution in [3.63, 3.8) is 0 Å². The van der Waals surface area contributed by atoms with Crippen LogP contribution in [0.25, 0.3) is 0 Å². The van der Waals surface area contributed by atoms with E-state index < -0.39 is 15.8 Å². The first-order valence-electron chi connectivity index (χ1n) is 5.55. The molecule has 1 heterocycles. The van der Waals surface area contributed by atoms with Crippen molar-refractivity contribution in [3.05, 3.63) is 47.4 Å². The SMILES string of the molecule is CNc1ncccc1S(=O)(=O)Nc1cccc(Cl)c1F. The molecule has 0 saturated heterocycles. The van der Waals surface area contributed by atoms with E-state index in [0.29, 0.717) is 0 Å². The average molecular weight is 316 g/mol. The van der Waals surface area contributed by atoms with Crippen LogP contribution in [0.2, 0.25) is 5.02 Å². The van der Waals surface area contributed by atoms with Gasteiger partial charge in [-0.2, -0.15) is 0 Å². The lowest BCUT2D eigenvalue weighted by Gasteiger charge is -2.11. The van der Waals surface area contributed by atoms with Gasteiger partial charge in [-0.05, 0) is 24.3 Å². The monoisotopic (exact) mass is 315 g/mol. The zero-order chi connectivity index (χ0) is 14.8. The van der Waals surface area contributed by atoms with Crippen LogP contribution in [-0.2, 0) is 10.0 Å². The van der Waals surface area contributed by atoms with E-state index in [1.165, 1.54) is 36.5 Å². The van der Waals surface area contributed by atoms with Gasteiger partial charge in [0.1, 0.15) is 10.7 Å². The van der Waals surface area contributed by atoms with Crippen molar-refractivity contribution < 1.29 is 12.8 Å². The van der Waals surface area contributed by atoms with Crippen LogP contribution >= 0.6 is 11.6 Å². The Hall–Kier alpha value is -1.86. The van der Waals surface area contributed by atoms with Gasteiger partial charge in [0.05, 0.1) is 10.7 Å². The van der Waals surface area contributed by atoms with Gasteiger partial charge in [0.25, 0.3) is 10.0 Å². The molecule has 5 nitrogen and oxygen atoms in total. The van der Waals surface area contributed by atoms with Crippen molar-refractivity contribution >= 4 is 33.1 Å². The molecule has 2 N–H and O–H groups in total. The first-order valence-corrected chi connectivity index (χ1v) is 7.41. The van der Waals surface area contributed by atoms with E-state index in [-0.39, 0.29) is 21.4 Å². The van der Waals surface area contributed by atoms with Gasteiger partial charge < -0.3 is 5.32 Å². The minimum Gasteiger partial charge on any atom is -0.372 e. The Labute approximate surface area is 120 Å². The molecular formula is C12H11ClFN3O2S. The van der Waals surface area contributed by atoms with Gasteiger partial charge in [0.2, 0.25) is 0 Å². The van der Waals surface area contributed by atoms with Crippen LogP contribution in [0.1, 0.15) is 0 Å². The summed E-state index contributed by atoms with van der Waals surface area (Å²) in [4.78, 5) is 3.81. The quantitative estimate of drug-likeness (QED) is 0.910. The first-order chi connectivity index (χ1) is 9.45. The van der Waals surface area contributed by atoms with E-state index in [1.54, 1.807) is 7.05 Å². The highest BCUT2D eigenvalue weighted by Gasteiger charge is 2.20. The Kier molecular flexibility index (Phi) is 4.10. The standard InChI is InChI=1S/C12H11ClFN3O2S/c1-15-12-10(6-3-7-16-12)20(18,19)17-9-5-2-4-8(13)11(9)14/h2-7,17H,1H3,(H,15,16). The lowest BCUT2D eigenvalue weighted by atomic mass is 10.3. The number of halogens is 2. The highest BCUT2D eigenvalue weighted by molar-refractivity contribution is 7.92. The third kappa shape index (κ3) is 2.83. The van der Waals surface area contributed by atoms with Crippen LogP contribution in [0.5, 0.6) is 0 Å². The fourth-order valence-corrected chi connectivity index (χ4v) is 2.98. The molecule has 0 aliphatic rings. The lowest BCUT2D eigenvalue weighted by Crippen LogP contribution is -2.16. The molecule has 8 heteroatoms. The van der Waals surface area contributed by atoms with Gasteiger partial charge in [0.15, 0.2) is 5.82 Å². The number of hydrogen-bond acceptors (Lipinski definition) is 4. The number of pyridine rings is 1. The van der Waals surface area contributed by atoms with Crippen molar-refractivity contribution in [2.45, 2.75) is 4.90 Å². The van der Waals surface area contributed by atoms with Gasteiger partial charge in [-0.25, -0.2) is 17.8 Å². The van der Waals surface area contributed by atoms with Gasteiger partial charge in [-0.3, -0.25) is 4.72 Å². The van der Waals surface area contributed by atoms with Crippen LogP contribution in [0.3, 0.4) is 0 Å². The van der Waals surface area contributed by atoms with Gasteiger partial charge in [-0.15, -0.1) is 0 Å². The molecule has 106 valence electrons. The van der Waals surface area contributed by atoms with E-state index in [9.17, 15) is 12.8 Å². The molecule has 0 amide bonds. The molecule has 0 aliphatic carbocycles. The molecule has 1 aromatic carbocycles.